The van der Waals surface area contributed by atoms with Crippen LogP contribution in [-0.4, -0.2) is 72.4 Å². The van der Waals surface area contributed by atoms with Crippen LogP contribution < -0.4 is 5.32 Å². The van der Waals surface area contributed by atoms with Crippen molar-refractivity contribution in [1.82, 2.24) is 15.1 Å². The van der Waals surface area contributed by atoms with Crippen molar-refractivity contribution in [2.45, 2.75) is 31.7 Å². The number of likely N-dealkylation sites (tertiary alicyclic amines) is 1. The van der Waals surface area contributed by atoms with E-state index in [2.05, 4.69) is 11.6 Å². The Hall–Kier alpha value is -0.460. The fraction of sp³-hybridized carbons (Fsp3) is 0.857. The van der Waals surface area contributed by atoms with Gasteiger partial charge in [-0.15, -0.1) is 12.4 Å². The molecule has 2 heterocycles. The van der Waals surface area contributed by atoms with Gasteiger partial charge in [0.25, 0.3) is 0 Å². The van der Waals surface area contributed by atoms with Crippen molar-refractivity contribution in [3.8, 4) is 0 Å². The molecule has 122 valence electrons. The lowest BCUT2D eigenvalue weighted by Gasteiger charge is -2.41. The normalized spacial score (nSPS) is 22.9. The molecular weight excluding hydrogens is 310 g/mol. The number of piperidine rings is 1. The average Bonchev–Trinajstić information content (AvgIpc) is 2.48. The highest BCUT2D eigenvalue weighted by Crippen LogP contribution is 2.18. The monoisotopic (exact) mass is 335 g/mol. The first-order valence-corrected chi connectivity index (χ1v) is 8.88. The fourth-order valence-electron chi connectivity index (χ4n) is 2.97. The Kier molecular flexibility index (Phi) is 8.44. The van der Waals surface area contributed by atoms with Crippen LogP contribution in [0.4, 0.5) is 0 Å². The van der Waals surface area contributed by atoms with Gasteiger partial charge in [-0.05, 0) is 31.3 Å². The lowest BCUT2D eigenvalue weighted by molar-refractivity contribution is -0.140. The van der Waals surface area contributed by atoms with Crippen molar-refractivity contribution in [2.24, 2.45) is 0 Å². The molecule has 2 rings (SSSR count). The molecule has 0 spiro atoms. The van der Waals surface area contributed by atoms with Crippen molar-refractivity contribution in [1.29, 1.82) is 0 Å². The van der Waals surface area contributed by atoms with E-state index < -0.39 is 0 Å². The predicted octanol–water partition coefficient (Wildman–Crippen LogP) is 0.974. The summed E-state index contributed by atoms with van der Waals surface area (Å²) in [4.78, 5) is 28.1. The summed E-state index contributed by atoms with van der Waals surface area (Å²) in [6.45, 7) is 3.67. The molecule has 1 atom stereocenters. The molecule has 2 aliphatic heterocycles. The topological polar surface area (TPSA) is 52.7 Å². The summed E-state index contributed by atoms with van der Waals surface area (Å²) in [7, 11) is 0. The van der Waals surface area contributed by atoms with Crippen molar-refractivity contribution in [3.05, 3.63) is 0 Å². The van der Waals surface area contributed by atoms with Gasteiger partial charge in [0.05, 0.1) is 6.54 Å². The molecule has 0 aliphatic carbocycles. The molecule has 21 heavy (non-hydrogen) atoms. The van der Waals surface area contributed by atoms with Crippen LogP contribution >= 0.6 is 24.2 Å². The van der Waals surface area contributed by atoms with E-state index in [1.54, 1.807) is 11.8 Å². The van der Waals surface area contributed by atoms with Gasteiger partial charge in [0.1, 0.15) is 0 Å². The zero-order valence-corrected chi connectivity index (χ0v) is 14.3. The first-order chi connectivity index (χ1) is 9.72. The van der Waals surface area contributed by atoms with Crippen LogP contribution in [-0.2, 0) is 9.59 Å². The first-order valence-electron chi connectivity index (χ1n) is 7.49. The van der Waals surface area contributed by atoms with Crippen molar-refractivity contribution >= 4 is 36.0 Å². The number of halogens is 1. The van der Waals surface area contributed by atoms with Gasteiger partial charge >= 0.3 is 0 Å². The highest BCUT2D eigenvalue weighted by atomic mass is 35.5. The Morgan fingerprint density at radius 3 is 2.95 bits per heavy atom. The Balaban J connectivity index is 0.00000220. The number of carbonyl (C=O) groups excluding carboxylic acids is 2. The van der Waals surface area contributed by atoms with Gasteiger partial charge in [-0.1, -0.05) is 0 Å². The van der Waals surface area contributed by atoms with Gasteiger partial charge in [-0.3, -0.25) is 9.59 Å². The third-order valence-electron chi connectivity index (χ3n) is 4.06. The summed E-state index contributed by atoms with van der Waals surface area (Å²) in [5.74, 6) is 1.48. The maximum Gasteiger partial charge on any atom is 0.236 e. The largest absolute Gasteiger partial charge is 0.341 e. The highest BCUT2D eigenvalue weighted by molar-refractivity contribution is 7.98. The SMILES string of the molecule is CSCCCC(=O)N1CCCC(N2CCNCC2=O)C1.Cl. The minimum absolute atomic E-state index is 0. The molecule has 2 fully saturated rings. The van der Waals surface area contributed by atoms with E-state index in [-0.39, 0.29) is 30.3 Å². The number of nitrogens with zero attached hydrogens (tertiary/aromatic N) is 2. The predicted molar refractivity (Wildman–Crippen MR) is 89.0 cm³/mol. The number of piperazine rings is 1. The lowest BCUT2D eigenvalue weighted by Crippen LogP contribution is -2.57. The summed E-state index contributed by atoms with van der Waals surface area (Å²) in [5.41, 5.74) is 0. The Morgan fingerprint density at radius 1 is 1.43 bits per heavy atom. The van der Waals surface area contributed by atoms with E-state index in [1.165, 1.54) is 0 Å². The van der Waals surface area contributed by atoms with Crippen LogP contribution in [0.3, 0.4) is 0 Å². The van der Waals surface area contributed by atoms with E-state index in [4.69, 9.17) is 0 Å². The molecule has 7 heteroatoms. The van der Waals surface area contributed by atoms with Crippen LogP contribution in [0.15, 0.2) is 0 Å². The molecule has 1 N–H and O–H groups in total. The van der Waals surface area contributed by atoms with E-state index in [9.17, 15) is 9.59 Å². The standard InChI is InChI=1S/C14H25N3O2S.ClH/c1-20-9-3-5-13(18)16-7-2-4-12(11-16)17-8-6-15-10-14(17)19;/h12,15H,2-11H2,1H3;1H. The Morgan fingerprint density at radius 2 is 2.24 bits per heavy atom. The first kappa shape index (κ1) is 18.6. The molecule has 2 saturated heterocycles. The van der Waals surface area contributed by atoms with Crippen molar-refractivity contribution in [2.75, 3.05) is 44.7 Å². The number of rotatable bonds is 5. The minimum atomic E-state index is 0. The van der Waals surface area contributed by atoms with Gasteiger partial charge in [0.2, 0.25) is 11.8 Å². The molecule has 0 aromatic rings. The van der Waals surface area contributed by atoms with Crippen LogP contribution in [0.25, 0.3) is 0 Å². The minimum Gasteiger partial charge on any atom is -0.341 e. The van der Waals surface area contributed by atoms with Crippen LogP contribution in [0.5, 0.6) is 0 Å². The maximum atomic E-state index is 12.2. The average molecular weight is 336 g/mol. The second kappa shape index (κ2) is 9.54. The maximum absolute atomic E-state index is 12.2. The molecule has 0 radical (unpaired) electrons. The molecule has 0 bridgehead atoms. The van der Waals surface area contributed by atoms with E-state index in [1.807, 2.05) is 9.80 Å². The molecule has 2 aliphatic rings. The molecular formula is C14H26ClN3O2S. The number of hydrogen-bond acceptors (Lipinski definition) is 4. The fourth-order valence-corrected chi connectivity index (χ4v) is 3.40. The van der Waals surface area contributed by atoms with E-state index in [0.29, 0.717) is 13.0 Å². The summed E-state index contributed by atoms with van der Waals surface area (Å²) in [6.07, 6.45) is 5.70. The van der Waals surface area contributed by atoms with Crippen molar-refractivity contribution < 1.29 is 9.59 Å². The van der Waals surface area contributed by atoms with Gasteiger partial charge in [-0.25, -0.2) is 0 Å². The van der Waals surface area contributed by atoms with E-state index >= 15 is 0 Å². The molecule has 1 unspecified atom stereocenters. The summed E-state index contributed by atoms with van der Waals surface area (Å²) in [6, 6.07) is 0.225. The van der Waals surface area contributed by atoms with E-state index in [0.717, 1.165) is 51.2 Å². The van der Waals surface area contributed by atoms with Crippen LogP contribution in [0.2, 0.25) is 0 Å². The lowest BCUT2D eigenvalue weighted by atomic mass is 10.0. The third-order valence-corrected chi connectivity index (χ3v) is 4.75. The van der Waals surface area contributed by atoms with Crippen LogP contribution in [0.1, 0.15) is 25.7 Å². The van der Waals surface area contributed by atoms with Gasteiger partial charge in [0.15, 0.2) is 0 Å². The molecule has 0 aromatic heterocycles. The molecule has 0 saturated carbocycles. The number of amides is 2. The molecule has 0 aromatic carbocycles. The second-order valence-electron chi connectivity index (χ2n) is 5.50. The number of hydrogen-bond donors (Lipinski definition) is 1. The van der Waals surface area contributed by atoms with Gasteiger partial charge in [0, 0.05) is 38.6 Å². The summed E-state index contributed by atoms with van der Waals surface area (Å²) in [5, 5.41) is 3.10. The third kappa shape index (κ3) is 5.34. The summed E-state index contributed by atoms with van der Waals surface area (Å²) < 4.78 is 0. The molecule has 2 amide bonds. The highest BCUT2D eigenvalue weighted by Gasteiger charge is 2.31. The summed E-state index contributed by atoms with van der Waals surface area (Å²) >= 11 is 1.78. The zero-order valence-electron chi connectivity index (χ0n) is 12.7. The number of nitrogens with one attached hydrogen (secondary N) is 1. The number of thioether (sulfide) groups is 1. The zero-order chi connectivity index (χ0) is 14.4. The second-order valence-corrected chi connectivity index (χ2v) is 6.48. The Labute approximate surface area is 137 Å². The van der Waals surface area contributed by atoms with Crippen molar-refractivity contribution in [3.63, 3.8) is 0 Å². The number of carbonyl (C=O) groups is 2. The Bertz CT molecular complexity index is 357. The van der Waals surface area contributed by atoms with Crippen LogP contribution in [0, 0.1) is 0 Å². The molecule has 5 nitrogen and oxygen atoms in total. The van der Waals surface area contributed by atoms with Gasteiger partial charge < -0.3 is 15.1 Å². The van der Waals surface area contributed by atoms with Gasteiger partial charge in [-0.2, -0.15) is 11.8 Å². The smallest absolute Gasteiger partial charge is 0.236 e. The quantitative estimate of drug-likeness (QED) is 0.761.